The number of rotatable bonds is 11. The Kier molecular flexibility index (Phi) is 9.42. The molecule has 6 nitrogen and oxygen atoms in total. The molecular weight excluding hydrogens is 444 g/mol. The molecule has 6 atom stereocenters. The molecule has 0 amide bonds. The summed E-state index contributed by atoms with van der Waals surface area (Å²) in [4.78, 5) is 0. The first-order valence-electron chi connectivity index (χ1n) is 12.0. The van der Waals surface area contributed by atoms with Gasteiger partial charge in [0.15, 0.2) is 6.29 Å². The average Bonchev–Trinajstić information content (AvgIpc) is 2.91. The smallest absolute Gasteiger partial charge is 0.186 e. The molecule has 0 aliphatic carbocycles. The molecule has 0 saturated carbocycles. The van der Waals surface area contributed by atoms with Crippen LogP contribution in [0.2, 0.25) is 0 Å². The first-order valence-corrected chi connectivity index (χ1v) is 12.0. The van der Waals surface area contributed by atoms with Crippen molar-refractivity contribution in [3.63, 3.8) is 0 Å². The van der Waals surface area contributed by atoms with Crippen molar-refractivity contribution in [1.82, 2.24) is 0 Å². The topological polar surface area (TPSA) is 66.4 Å². The third-order valence-corrected chi connectivity index (χ3v) is 6.09. The molecule has 6 heteroatoms. The molecule has 3 aromatic rings. The molecule has 0 bridgehead atoms. The van der Waals surface area contributed by atoms with E-state index in [1.165, 1.54) is 0 Å². The Bertz CT molecular complexity index is 982. The van der Waals surface area contributed by atoms with E-state index in [1.807, 2.05) is 91.0 Å². The van der Waals surface area contributed by atoms with Crippen molar-refractivity contribution in [2.75, 3.05) is 7.11 Å². The van der Waals surface area contributed by atoms with E-state index in [1.54, 1.807) is 14.0 Å². The van der Waals surface area contributed by atoms with Crippen molar-refractivity contribution >= 4 is 0 Å². The Morgan fingerprint density at radius 3 is 1.46 bits per heavy atom. The molecule has 4 rings (SSSR count). The summed E-state index contributed by atoms with van der Waals surface area (Å²) in [7, 11) is 1.57. The Labute approximate surface area is 207 Å². The Hall–Kier alpha value is -2.58. The van der Waals surface area contributed by atoms with Gasteiger partial charge in [-0.3, -0.25) is 0 Å². The zero-order valence-corrected chi connectivity index (χ0v) is 20.2. The second-order valence-electron chi connectivity index (χ2n) is 8.73. The number of aliphatic hydroxyl groups is 1. The molecule has 186 valence electrons. The first-order chi connectivity index (χ1) is 17.2. The quantitative estimate of drug-likeness (QED) is 0.438. The lowest BCUT2D eigenvalue weighted by Crippen LogP contribution is -2.62. The van der Waals surface area contributed by atoms with Gasteiger partial charge < -0.3 is 28.8 Å². The molecule has 1 aliphatic rings. The summed E-state index contributed by atoms with van der Waals surface area (Å²) in [6.45, 7) is 2.78. The molecule has 3 aromatic carbocycles. The molecule has 1 heterocycles. The van der Waals surface area contributed by atoms with Gasteiger partial charge in [-0.1, -0.05) is 91.0 Å². The van der Waals surface area contributed by atoms with Crippen LogP contribution in [-0.4, -0.2) is 49.0 Å². The van der Waals surface area contributed by atoms with Crippen LogP contribution in [0.25, 0.3) is 0 Å². The first kappa shape index (κ1) is 25.5. The minimum absolute atomic E-state index is 0.354. The van der Waals surface area contributed by atoms with Gasteiger partial charge in [-0.25, -0.2) is 0 Å². The summed E-state index contributed by atoms with van der Waals surface area (Å²) < 4.78 is 31.0. The normalized spacial score (nSPS) is 25.3. The van der Waals surface area contributed by atoms with E-state index in [0.717, 1.165) is 16.7 Å². The maximum absolute atomic E-state index is 10.6. The standard InChI is InChI=1S/C29H34O6/c1-21(30)25-26(32-18-22-12-6-3-7-13-22)27(33-19-23-14-8-4-9-15-23)28(29(31-2)35-25)34-20-24-16-10-5-11-17-24/h3-17,21,25-30H,18-20H2,1-2H3/t21-,25+,26+,27-,28+,29-/m0/s1. The van der Waals surface area contributed by atoms with E-state index >= 15 is 0 Å². The zero-order valence-electron chi connectivity index (χ0n) is 20.2. The highest BCUT2D eigenvalue weighted by atomic mass is 16.7. The minimum Gasteiger partial charge on any atom is -0.391 e. The summed E-state index contributed by atoms with van der Waals surface area (Å²) >= 11 is 0. The Morgan fingerprint density at radius 2 is 1.06 bits per heavy atom. The van der Waals surface area contributed by atoms with E-state index in [9.17, 15) is 5.11 Å². The van der Waals surface area contributed by atoms with Gasteiger partial charge in [0.1, 0.15) is 24.4 Å². The summed E-state index contributed by atoms with van der Waals surface area (Å²) in [5.74, 6) is 0. The third-order valence-electron chi connectivity index (χ3n) is 6.09. The Balaban J connectivity index is 1.59. The van der Waals surface area contributed by atoms with Crippen molar-refractivity contribution in [2.24, 2.45) is 0 Å². The summed E-state index contributed by atoms with van der Waals surface area (Å²) in [6.07, 6.45) is -3.87. The largest absolute Gasteiger partial charge is 0.391 e. The van der Waals surface area contributed by atoms with E-state index in [4.69, 9.17) is 23.7 Å². The van der Waals surface area contributed by atoms with Gasteiger partial charge in [0.05, 0.1) is 25.9 Å². The lowest BCUT2D eigenvalue weighted by Gasteiger charge is -2.46. The van der Waals surface area contributed by atoms with Crippen LogP contribution in [0.15, 0.2) is 91.0 Å². The molecule has 1 saturated heterocycles. The fourth-order valence-corrected chi connectivity index (χ4v) is 4.27. The molecule has 0 unspecified atom stereocenters. The lowest BCUT2D eigenvalue weighted by atomic mass is 9.94. The monoisotopic (exact) mass is 478 g/mol. The fraction of sp³-hybridized carbons (Fsp3) is 0.379. The van der Waals surface area contributed by atoms with Crippen molar-refractivity contribution in [3.05, 3.63) is 108 Å². The SMILES string of the molecule is CO[C@H]1O[C@H]([C@H](C)O)[C@@H](OCc2ccccc2)[C@H](OCc2ccccc2)[C@H]1OCc1ccccc1. The molecule has 0 radical (unpaired) electrons. The fourth-order valence-electron chi connectivity index (χ4n) is 4.27. The highest BCUT2D eigenvalue weighted by Gasteiger charge is 2.50. The van der Waals surface area contributed by atoms with Crippen molar-refractivity contribution in [3.8, 4) is 0 Å². The number of methoxy groups -OCH3 is 1. The molecule has 0 aromatic heterocycles. The van der Waals surface area contributed by atoms with Crippen LogP contribution in [0.5, 0.6) is 0 Å². The highest BCUT2D eigenvalue weighted by Crippen LogP contribution is 2.32. The maximum Gasteiger partial charge on any atom is 0.186 e. The highest BCUT2D eigenvalue weighted by molar-refractivity contribution is 5.15. The maximum atomic E-state index is 10.6. The predicted octanol–water partition coefficient (Wildman–Crippen LogP) is 4.49. The number of benzene rings is 3. The van der Waals surface area contributed by atoms with Crippen LogP contribution in [0.1, 0.15) is 23.6 Å². The predicted molar refractivity (Wildman–Crippen MR) is 132 cm³/mol. The van der Waals surface area contributed by atoms with Gasteiger partial charge in [-0.05, 0) is 23.6 Å². The lowest BCUT2D eigenvalue weighted by molar-refractivity contribution is -0.328. The molecule has 35 heavy (non-hydrogen) atoms. The van der Waals surface area contributed by atoms with Crippen LogP contribution < -0.4 is 0 Å². The summed E-state index contributed by atoms with van der Waals surface area (Å²) in [5, 5.41) is 10.6. The second-order valence-corrected chi connectivity index (χ2v) is 8.73. The van der Waals surface area contributed by atoms with Gasteiger partial charge in [0, 0.05) is 7.11 Å². The van der Waals surface area contributed by atoms with E-state index in [2.05, 4.69) is 0 Å². The van der Waals surface area contributed by atoms with Crippen LogP contribution in [0, 0.1) is 0 Å². The van der Waals surface area contributed by atoms with E-state index < -0.39 is 36.8 Å². The minimum atomic E-state index is -0.800. The molecule has 0 spiro atoms. The van der Waals surface area contributed by atoms with E-state index in [-0.39, 0.29) is 0 Å². The second kappa shape index (κ2) is 12.9. The molecule has 1 fully saturated rings. The van der Waals surface area contributed by atoms with Crippen molar-refractivity contribution in [1.29, 1.82) is 0 Å². The van der Waals surface area contributed by atoms with Crippen LogP contribution in [0.4, 0.5) is 0 Å². The molecular formula is C29H34O6. The van der Waals surface area contributed by atoms with Gasteiger partial charge in [-0.2, -0.15) is 0 Å². The summed E-state index contributed by atoms with van der Waals surface area (Å²) in [5.41, 5.74) is 3.09. The van der Waals surface area contributed by atoms with E-state index in [0.29, 0.717) is 19.8 Å². The van der Waals surface area contributed by atoms with Gasteiger partial charge in [0.25, 0.3) is 0 Å². The van der Waals surface area contributed by atoms with Gasteiger partial charge >= 0.3 is 0 Å². The molecule has 1 N–H and O–H groups in total. The third kappa shape index (κ3) is 6.98. The number of hydrogen-bond acceptors (Lipinski definition) is 6. The van der Waals surface area contributed by atoms with Gasteiger partial charge in [0.2, 0.25) is 0 Å². The van der Waals surface area contributed by atoms with Crippen LogP contribution in [0.3, 0.4) is 0 Å². The molecule has 1 aliphatic heterocycles. The summed E-state index contributed by atoms with van der Waals surface area (Å²) in [6, 6.07) is 29.8. The van der Waals surface area contributed by atoms with Gasteiger partial charge in [-0.15, -0.1) is 0 Å². The number of hydrogen-bond donors (Lipinski definition) is 1. The number of aliphatic hydroxyl groups excluding tert-OH is 1. The Morgan fingerprint density at radius 1 is 0.657 bits per heavy atom. The average molecular weight is 479 g/mol. The van der Waals surface area contributed by atoms with Crippen LogP contribution >= 0.6 is 0 Å². The van der Waals surface area contributed by atoms with Crippen LogP contribution in [-0.2, 0) is 43.5 Å². The number of ether oxygens (including phenoxy) is 5. The zero-order chi connectivity index (χ0) is 24.5. The van der Waals surface area contributed by atoms with Crippen molar-refractivity contribution in [2.45, 2.75) is 63.6 Å². The van der Waals surface area contributed by atoms with Crippen molar-refractivity contribution < 1.29 is 28.8 Å².